The molecule has 0 bridgehead atoms. The van der Waals surface area contributed by atoms with Crippen molar-refractivity contribution in [2.75, 3.05) is 6.54 Å². The van der Waals surface area contributed by atoms with E-state index in [0.717, 1.165) is 15.9 Å². The highest BCUT2D eigenvalue weighted by Gasteiger charge is 2.04. The fourth-order valence-electron chi connectivity index (χ4n) is 1.57. The van der Waals surface area contributed by atoms with E-state index >= 15 is 0 Å². The molecule has 5 nitrogen and oxygen atoms in total. The first-order chi connectivity index (χ1) is 8.74. The molecule has 18 heavy (non-hydrogen) atoms. The summed E-state index contributed by atoms with van der Waals surface area (Å²) in [6.45, 7) is 0.558. The zero-order valence-corrected chi connectivity index (χ0v) is 11.3. The van der Waals surface area contributed by atoms with Gasteiger partial charge in [-0.15, -0.1) is 0 Å². The van der Waals surface area contributed by atoms with Crippen molar-refractivity contribution >= 4 is 21.8 Å². The molecule has 0 spiro atoms. The van der Waals surface area contributed by atoms with E-state index in [1.807, 2.05) is 24.3 Å². The van der Waals surface area contributed by atoms with Crippen molar-refractivity contribution in [2.45, 2.75) is 12.8 Å². The number of carbonyl (C=O) groups excluding carboxylic acids is 1. The van der Waals surface area contributed by atoms with Crippen molar-refractivity contribution < 1.29 is 4.79 Å². The molecule has 0 aliphatic carbocycles. The Morgan fingerprint density at radius 2 is 2.33 bits per heavy atom. The van der Waals surface area contributed by atoms with Crippen molar-refractivity contribution in [1.29, 1.82) is 0 Å². The molecule has 2 N–H and O–H groups in total. The van der Waals surface area contributed by atoms with Gasteiger partial charge in [-0.1, -0.05) is 28.1 Å². The Labute approximate surface area is 113 Å². The molecule has 1 aromatic heterocycles. The lowest BCUT2D eigenvalue weighted by atomic mass is 10.1. The van der Waals surface area contributed by atoms with E-state index in [4.69, 9.17) is 0 Å². The Kier molecular flexibility index (Phi) is 4.46. The lowest BCUT2D eigenvalue weighted by molar-refractivity contribution is -0.120. The van der Waals surface area contributed by atoms with Crippen LogP contribution in [0.3, 0.4) is 0 Å². The van der Waals surface area contributed by atoms with Gasteiger partial charge in [0.2, 0.25) is 5.91 Å². The van der Waals surface area contributed by atoms with Gasteiger partial charge in [0.25, 0.3) is 0 Å². The summed E-state index contributed by atoms with van der Waals surface area (Å²) in [7, 11) is 0. The standard InChI is InChI=1S/C12H13BrN4O/c13-10-3-1-2-9(6-10)7-12(18)14-5-4-11-15-8-16-17-11/h1-3,6,8H,4-5,7H2,(H,14,18)(H,15,16,17). The lowest BCUT2D eigenvalue weighted by Gasteiger charge is -2.04. The van der Waals surface area contributed by atoms with Gasteiger partial charge in [-0.2, -0.15) is 5.10 Å². The minimum atomic E-state index is 0.00705. The van der Waals surface area contributed by atoms with E-state index in [2.05, 4.69) is 36.4 Å². The molecule has 0 unspecified atom stereocenters. The van der Waals surface area contributed by atoms with Gasteiger partial charge in [0.15, 0.2) is 0 Å². The van der Waals surface area contributed by atoms with Crippen LogP contribution in [0, 0.1) is 0 Å². The van der Waals surface area contributed by atoms with Crippen molar-refractivity contribution in [3.8, 4) is 0 Å². The molecule has 94 valence electrons. The van der Waals surface area contributed by atoms with Gasteiger partial charge in [-0.25, -0.2) is 4.98 Å². The van der Waals surface area contributed by atoms with Gasteiger partial charge in [0.05, 0.1) is 6.42 Å². The number of aromatic nitrogens is 3. The summed E-state index contributed by atoms with van der Waals surface area (Å²) in [5.41, 5.74) is 0.988. The van der Waals surface area contributed by atoms with Gasteiger partial charge < -0.3 is 5.32 Å². The molecule has 0 radical (unpaired) electrons. The summed E-state index contributed by atoms with van der Waals surface area (Å²) in [5.74, 6) is 0.783. The summed E-state index contributed by atoms with van der Waals surface area (Å²) >= 11 is 3.38. The van der Waals surface area contributed by atoms with Crippen LogP contribution >= 0.6 is 15.9 Å². The summed E-state index contributed by atoms with van der Waals surface area (Å²) in [4.78, 5) is 15.7. The van der Waals surface area contributed by atoms with Crippen LogP contribution in [0.5, 0.6) is 0 Å². The first kappa shape index (κ1) is 12.8. The van der Waals surface area contributed by atoms with Crippen LogP contribution in [0.2, 0.25) is 0 Å². The number of nitrogens with one attached hydrogen (secondary N) is 2. The predicted molar refractivity (Wildman–Crippen MR) is 70.9 cm³/mol. The average Bonchev–Trinajstić information content (AvgIpc) is 2.82. The number of benzene rings is 1. The second-order valence-corrected chi connectivity index (χ2v) is 4.75. The quantitative estimate of drug-likeness (QED) is 0.878. The van der Waals surface area contributed by atoms with Crippen molar-refractivity contribution in [1.82, 2.24) is 20.5 Å². The molecule has 6 heteroatoms. The highest BCUT2D eigenvalue weighted by molar-refractivity contribution is 9.10. The fourth-order valence-corrected chi connectivity index (χ4v) is 2.01. The summed E-state index contributed by atoms with van der Waals surface area (Å²) in [6, 6.07) is 7.73. The molecule has 2 rings (SSSR count). The van der Waals surface area contributed by atoms with Crippen LogP contribution in [0.15, 0.2) is 35.1 Å². The average molecular weight is 309 g/mol. The Morgan fingerprint density at radius 3 is 3.06 bits per heavy atom. The number of rotatable bonds is 5. The van der Waals surface area contributed by atoms with E-state index in [9.17, 15) is 4.79 Å². The Balaban J connectivity index is 1.75. The van der Waals surface area contributed by atoms with Crippen LogP contribution in [0.1, 0.15) is 11.4 Å². The van der Waals surface area contributed by atoms with Gasteiger partial charge in [0, 0.05) is 17.4 Å². The molecule has 2 aromatic rings. The smallest absolute Gasteiger partial charge is 0.224 e. The molecule has 0 atom stereocenters. The molecule has 1 aromatic carbocycles. The molecular formula is C12H13BrN4O. The summed E-state index contributed by atoms with van der Waals surface area (Å²) < 4.78 is 0.981. The molecule has 0 aliphatic rings. The van der Waals surface area contributed by atoms with Crippen LogP contribution in [0.25, 0.3) is 0 Å². The number of halogens is 1. The zero-order chi connectivity index (χ0) is 12.8. The third-order valence-electron chi connectivity index (χ3n) is 2.40. The monoisotopic (exact) mass is 308 g/mol. The first-order valence-corrected chi connectivity index (χ1v) is 6.39. The Bertz CT molecular complexity index is 513. The second kappa shape index (κ2) is 6.30. The van der Waals surface area contributed by atoms with Crippen molar-refractivity contribution in [2.24, 2.45) is 0 Å². The summed E-state index contributed by atoms with van der Waals surface area (Å²) in [6.07, 6.45) is 2.50. The fraction of sp³-hybridized carbons (Fsp3) is 0.250. The highest BCUT2D eigenvalue weighted by Crippen LogP contribution is 2.11. The molecule has 1 amide bonds. The van der Waals surface area contributed by atoms with Crippen molar-refractivity contribution in [3.63, 3.8) is 0 Å². The van der Waals surface area contributed by atoms with Gasteiger partial charge >= 0.3 is 0 Å². The number of amides is 1. The number of hydrogen-bond donors (Lipinski definition) is 2. The van der Waals surface area contributed by atoms with Crippen molar-refractivity contribution in [3.05, 3.63) is 46.5 Å². The third kappa shape index (κ3) is 3.96. The topological polar surface area (TPSA) is 70.7 Å². The van der Waals surface area contributed by atoms with Gasteiger partial charge in [-0.3, -0.25) is 9.89 Å². The zero-order valence-electron chi connectivity index (χ0n) is 9.69. The second-order valence-electron chi connectivity index (χ2n) is 3.84. The first-order valence-electron chi connectivity index (χ1n) is 5.59. The van der Waals surface area contributed by atoms with Crippen LogP contribution in [0.4, 0.5) is 0 Å². The number of carbonyl (C=O) groups is 1. The maximum absolute atomic E-state index is 11.7. The third-order valence-corrected chi connectivity index (χ3v) is 2.90. The molecule has 0 fully saturated rings. The molecule has 0 saturated heterocycles. The Hall–Kier alpha value is -1.69. The van der Waals surface area contributed by atoms with E-state index in [-0.39, 0.29) is 5.91 Å². The number of H-pyrrole nitrogens is 1. The maximum atomic E-state index is 11.7. The highest BCUT2D eigenvalue weighted by atomic mass is 79.9. The number of hydrogen-bond acceptors (Lipinski definition) is 3. The minimum Gasteiger partial charge on any atom is -0.355 e. The Morgan fingerprint density at radius 1 is 1.44 bits per heavy atom. The van der Waals surface area contributed by atoms with Gasteiger partial charge in [0.1, 0.15) is 12.2 Å². The van der Waals surface area contributed by atoms with E-state index in [1.54, 1.807) is 0 Å². The van der Waals surface area contributed by atoms with E-state index < -0.39 is 0 Å². The summed E-state index contributed by atoms with van der Waals surface area (Å²) in [5, 5.41) is 9.34. The maximum Gasteiger partial charge on any atom is 0.224 e. The van der Waals surface area contributed by atoms with E-state index in [0.29, 0.717) is 19.4 Å². The molecule has 0 aliphatic heterocycles. The minimum absolute atomic E-state index is 0.00705. The number of aromatic amines is 1. The van der Waals surface area contributed by atoms with Crippen LogP contribution in [-0.2, 0) is 17.6 Å². The number of nitrogens with zero attached hydrogens (tertiary/aromatic N) is 2. The predicted octanol–water partition coefficient (Wildman–Crippen LogP) is 1.47. The largest absolute Gasteiger partial charge is 0.355 e. The lowest BCUT2D eigenvalue weighted by Crippen LogP contribution is -2.27. The van der Waals surface area contributed by atoms with E-state index in [1.165, 1.54) is 6.33 Å². The van der Waals surface area contributed by atoms with Gasteiger partial charge in [-0.05, 0) is 17.7 Å². The molecule has 0 saturated carbocycles. The van der Waals surface area contributed by atoms with Crippen LogP contribution in [-0.4, -0.2) is 27.6 Å². The SMILES string of the molecule is O=C(Cc1cccc(Br)c1)NCCc1ncn[nH]1. The molecule has 1 heterocycles. The van der Waals surface area contributed by atoms with Crippen LogP contribution < -0.4 is 5.32 Å². The normalized spacial score (nSPS) is 10.3. The molecular weight excluding hydrogens is 296 g/mol.